The van der Waals surface area contributed by atoms with Gasteiger partial charge in [-0.15, -0.1) is 11.8 Å². The third-order valence-electron chi connectivity index (χ3n) is 4.07. The highest BCUT2D eigenvalue weighted by Crippen LogP contribution is 2.25. The molecule has 2 aromatic carbocycles. The number of carbonyl (C=O) groups excluding carboxylic acids is 1. The molecule has 8 heteroatoms. The van der Waals surface area contributed by atoms with Crippen LogP contribution in [0.25, 0.3) is 0 Å². The zero-order chi connectivity index (χ0) is 20.6. The van der Waals surface area contributed by atoms with Crippen LogP contribution in [0.15, 0.2) is 59.5 Å². The van der Waals surface area contributed by atoms with Crippen molar-refractivity contribution in [2.45, 2.75) is 24.3 Å². The summed E-state index contributed by atoms with van der Waals surface area (Å²) in [4.78, 5) is 13.8. The van der Waals surface area contributed by atoms with Crippen molar-refractivity contribution in [3.05, 3.63) is 54.6 Å². The van der Waals surface area contributed by atoms with Gasteiger partial charge in [-0.2, -0.15) is 0 Å². The molecule has 28 heavy (non-hydrogen) atoms. The molecule has 1 atom stereocenters. The molecular weight excluding hydrogens is 396 g/mol. The summed E-state index contributed by atoms with van der Waals surface area (Å²) in [5, 5.41) is 2.86. The highest BCUT2D eigenvalue weighted by Gasteiger charge is 2.31. The van der Waals surface area contributed by atoms with E-state index in [1.54, 1.807) is 50.1 Å². The van der Waals surface area contributed by atoms with Gasteiger partial charge in [-0.25, -0.2) is 8.42 Å². The van der Waals surface area contributed by atoms with Gasteiger partial charge in [0.15, 0.2) is 0 Å². The van der Waals surface area contributed by atoms with Gasteiger partial charge in [0, 0.05) is 17.2 Å². The van der Waals surface area contributed by atoms with Gasteiger partial charge in [-0.05, 0) is 42.8 Å². The highest BCUT2D eigenvalue weighted by molar-refractivity contribution is 7.99. The topological polar surface area (TPSA) is 75.7 Å². The van der Waals surface area contributed by atoms with E-state index in [1.807, 2.05) is 30.3 Å². The van der Waals surface area contributed by atoms with Crippen LogP contribution in [-0.2, 0) is 14.8 Å². The maximum absolute atomic E-state index is 12.7. The maximum atomic E-state index is 12.7. The molecule has 0 bridgehead atoms. The number of nitrogens with zero attached hydrogens (tertiary/aromatic N) is 1. The molecule has 2 aromatic rings. The second kappa shape index (κ2) is 10.4. The van der Waals surface area contributed by atoms with E-state index < -0.39 is 16.1 Å². The molecule has 0 saturated heterocycles. The van der Waals surface area contributed by atoms with Crippen LogP contribution in [0.2, 0.25) is 0 Å². The van der Waals surface area contributed by atoms with E-state index in [9.17, 15) is 13.2 Å². The van der Waals surface area contributed by atoms with E-state index in [-0.39, 0.29) is 5.91 Å². The van der Waals surface area contributed by atoms with Crippen LogP contribution < -0.4 is 14.4 Å². The van der Waals surface area contributed by atoms with Crippen molar-refractivity contribution < 1.29 is 17.9 Å². The number of amides is 1. The molecule has 0 aliphatic heterocycles. The molecule has 0 fully saturated rings. The van der Waals surface area contributed by atoms with Crippen LogP contribution in [0.5, 0.6) is 5.75 Å². The lowest BCUT2D eigenvalue weighted by molar-refractivity contribution is -0.122. The van der Waals surface area contributed by atoms with Crippen LogP contribution in [0.1, 0.15) is 13.3 Å². The first-order valence-corrected chi connectivity index (χ1v) is 11.8. The van der Waals surface area contributed by atoms with Crippen molar-refractivity contribution >= 4 is 33.4 Å². The van der Waals surface area contributed by atoms with E-state index in [0.717, 1.165) is 11.2 Å². The zero-order valence-electron chi connectivity index (χ0n) is 16.3. The smallest absolute Gasteiger partial charge is 0.243 e. The lowest BCUT2D eigenvalue weighted by atomic mass is 10.2. The van der Waals surface area contributed by atoms with Gasteiger partial charge in [-0.3, -0.25) is 9.10 Å². The molecule has 0 aliphatic carbocycles. The Bertz CT molecular complexity index is 856. The summed E-state index contributed by atoms with van der Waals surface area (Å²) < 4.78 is 31.1. The molecule has 0 aromatic heterocycles. The van der Waals surface area contributed by atoms with Crippen LogP contribution in [0, 0.1) is 0 Å². The Morgan fingerprint density at radius 1 is 1.14 bits per heavy atom. The minimum Gasteiger partial charge on any atom is -0.497 e. The SMILES string of the molecule is CC[C@H](C(=O)NCCSc1ccccc1)N(c1ccc(OC)cc1)S(C)(=O)=O. The number of anilines is 1. The van der Waals surface area contributed by atoms with Crippen LogP contribution in [-0.4, -0.2) is 46.0 Å². The predicted molar refractivity (Wildman–Crippen MR) is 115 cm³/mol. The van der Waals surface area contributed by atoms with E-state index in [1.165, 1.54) is 4.31 Å². The lowest BCUT2D eigenvalue weighted by Crippen LogP contribution is -2.49. The fourth-order valence-electron chi connectivity index (χ4n) is 2.77. The van der Waals surface area contributed by atoms with Gasteiger partial charge in [-0.1, -0.05) is 25.1 Å². The van der Waals surface area contributed by atoms with Crippen molar-refractivity contribution in [1.29, 1.82) is 0 Å². The molecule has 0 saturated carbocycles. The Labute approximate surface area is 171 Å². The number of sulfonamides is 1. The Morgan fingerprint density at radius 2 is 1.79 bits per heavy atom. The molecule has 0 heterocycles. The number of rotatable bonds is 10. The van der Waals surface area contributed by atoms with Crippen LogP contribution in [0.4, 0.5) is 5.69 Å². The van der Waals surface area contributed by atoms with Crippen molar-refractivity contribution in [3.63, 3.8) is 0 Å². The minimum absolute atomic E-state index is 0.308. The number of ether oxygens (including phenoxy) is 1. The Balaban J connectivity index is 2.06. The molecule has 0 aliphatic rings. The van der Waals surface area contributed by atoms with Gasteiger partial charge in [0.2, 0.25) is 15.9 Å². The highest BCUT2D eigenvalue weighted by atomic mass is 32.2. The largest absolute Gasteiger partial charge is 0.497 e. The fourth-order valence-corrected chi connectivity index (χ4v) is 4.77. The predicted octanol–water partition coefficient (Wildman–Crippen LogP) is 3.15. The second-order valence-corrected chi connectivity index (χ2v) is 9.16. The average molecular weight is 423 g/mol. The van der Waals surface area contributed by atoms with Gasteiger partial charge in [0.1, 0.15) is 11.8 Å². The number of thioether (sulfide) groups is 1. The summed E-state index contributed by atoms with van der Waals surface area (Å²) in [6, 6.07) is 15.7. The van der Waals surface area contributed by atoms with Gasteiger partial charge in [0.05, 0.1) is 19.1 Å². The van der Waals surface area contributed by atoms with Crippen LogP contribution in [0.3, 0.4) is 0 Å². The van der Waals surface area contributed by atoms with Gasteiger partial charge < -0.3 is 10.1 Å². The number of benzene rings is 2. The zero-order valence-corrected chi connectivity index (χ0v) is 17.9. The third kappa shape index (κ3) is 6.17. The van der Waals surface area contributed by atoms with Crippen LogP contribution >= 0.6 is 11.8 Å². The Kier molecular flexibility index (Phi) is 8.19. The molecule has 0 radical (unpaired) electrons. The van der Waals surface area contributed by atoms with Gasteiger partial charge in [0.25, 0.3) is 0 Å². The standard InChI is InChI=1S/C20H26N2O4S2/c1-4-19(20(23)21-14-15-27-18-8-6-5-7-9-18)22(28(3,24)25)16-10-12-17(26-2)13-11-16/h5-13,19H,4,14-15H2,1-3H3,(H,21,23)/t19-/m1/s1. The van der Waals surface area contributed by atoms with E-state index >= 15 is 0 Å². The average Bonchev–Trinajstić information content (AvgIpc) is 2.69. The first-order valence-electron chi connectivity index (χ1n) is 8.95. The molecule has 1 amide bonds. The summed E-state index contributed by atoms with van der Waals surface area (Å²) in [6.45, 7) is 2.25. The molecule has 152 valence electrons. The number of methoxy groups -OCH3 is 1. The van der Waals surface area contributed by atoms with Crippen molar-refractivity contribution in [2.75, 3.05) is 30.0 Å². The minimum atomic E-state index is -3.64. The fraction of sp³-hybridized carbons (Fsp3) is 0.350. The number of hydrogen-bond acceptors (Lipinski definition) is 5. The van der Waals surface area contributed by atoms with E-state index in [4.69, 9.17) is 4.74 Å². The monoisotopic (exact) mass is 422 g/mol. The summed E-state index contributed by atoms with van der Waals surface area (Å²) >= 11 is 1.64. The third-order valence-corrected chi connectivity index (χ3v) is 6.26. The second-order valence-electron chi connectivity index (χ2n) is 6.13. The van der Waals surface area contributed by atoms with Crippen molar-refractivity contribution in [1.82, 2.24) is 5.32 Å². The first kappa shape index (κ1) is 22.1. The molecular formula is C20H26N2O4S2. The van der Waals surface area contributed by atoms with Gasteiger partial charge >= 0.3 is 0 Å². The molecule has 2 rings (SSSR count). The quantitative estimate of drug-likeness (QED) is 0.470. The molecule has 0 unspecified atom stereocenters. The Morgan fingerprint density at radius 3 is 2.32 bits per heavy atom. The summed E-state index contributed by atoms with van der Waals surface area (Å²) in [7, 11) is -2.10. The van der Waals surface area contributed by atoms with Crippen molar-refractivity contribution in [3.8, 4) is 5.75 Å². The number of nitrogens with one attached hydrogen (secondary N) is 1. The summed E-state index contributed by atoms with van der Waals surface area (Å²) in [5.41, 5.74) is 0.434. The van der Waals surface area contributed by atoms with Crippen molar-refractivity contribution in [2.24, 2.45) is 0 Å². The number of carbonyl (C=O) groups is 1. The first-order chi connectivity index (χ1) is 13.4. The molecule has 0 spiro atoms. The maximum Gasteiger partial charge on any atom is 0.243 e. The number of hydrogen-bond donors (Lipinski definition) is 1. The van der Waals surface area contributed by atoms with E-state index in [0.29, 0.717) is 30.2 Å². The molecule has 1 N–H and O–H groups in total. The summed E-state index contributed by atoms with van der Waals surface area (Å²) in [5.74, 6) is 1.01. The molecule has 6 nitrogen and oxygen atoms in total. The van der Waals surface area contributed by atoms with E-state index in [2.05, 4.69) is 5.32 Å². The summed E-state index contributed by atoms with van der Waals surface area (Å²) in [6.07, 6.45) is 1.47. The Hall–Kier alpha value is -2.19. The lowest BCUT2D eigenvalue weighted by Gasteiger charge is -2.30. The normalized spacial score (nSPS) is 12.2.